The number of nitrogens with one attached hydrogen (secondary N) is 1. The smallest absolute Gasteiger partial charge is 0.238 e. The maximum Gasteiger partial charge on any atom is 0.238 e. The highest BCUT2D eigenvalue weighted by molar-refractivity contribution is 6.30. The van der Waals surface area contributed by atoms with Crippen LogP contribution in [0.4, 0.5) is 5.69 Å². The number of anilines is 1. The number of hydrogen-bond acceptors (Lipinski definition) is 6. The number of amides is 1. The Hall–Kier alpha value is -2.87. The molecule has 2 aromatic carbocycles. The lowest BCUT2D eigenvalue weighted by Gasteiger charge is -2.22. The lowest BCUT2D eigenvalue weighted by atomic mass is 9.83. The Morgan fingerprint density at radius 1 is 0.857 bits per heavy atom. The Morgan fingerprint density at radius 2 is 1.54 bits per heavy atom. The van der Waals surface area contributed by atoms with E-state index >= 15 is 0 Å². The third kappa shape index (κ3) is 4.01. The van der Waals surface area contributed by atoms with Gasteiger partial charge < -0.3 is 15.5 Å². The summed E-state index contributed by atoms with van der Waals surface area (Å²) in [4.78, 5) is 39.9. The number of ketones is 2. The van der Waals surface area contributed by atoms with E-state index in [0.717, 1.165) is 0 Å². The molecule has 3 rings (SSSR count). The number of rotatable bonds is 8. The number of carbonyl (C=O) groups is 3. The zero-order valence-corrected chi connectivity index (χ0v) is 15.4. The number of carbonyl (C=O) groups excluding carboxylic acids is 3. The molecule has 0 spiro atoms. The average molecular weight is 382 g/mol. The molecule has 1 aliphatic carbocycles. The minimum absolute atomic E-state index is 0.00293. The van der Waals surface area contributed by atoms with E-state index in [-0.39, 0.29) is 48.4 Å². The van der Waals surface area contributed by atoms with Gasteiger partial charge in [-0.05, 0) is 12.5 Å². The first-order valence-corrected chi connectivity index (χ1v) is 9.12. The van der Waals surface area contributed by atoms with E-state index in [1.165, 1.54) is 0 Å². The molecular formula is C21H22N2O5. The maximum atomic E-state index is 12.9. The van der Waals surface area contributed by atoms with Gasteiger partial charge in [0, 0.05) is 36.4 Å². The molecule has 0 radical (unpaired) electrons. The van der Waals surface area contributed by atoms with Gasteiger partial charge in [-0.2, -0.15) is 0 Å². The molecule has 7 heteroatoms. The van der Waals surface area contributed by atoms with Crippen molar-refractivity contribution in [1.29, 1.82) is 0 Å². The van der Waals surface area contributed by atoms with E-state index in [9.17, 15) is 14.4 Å². The molecule has 28 heavy (non-hydrogen) atoms. The molecule has 2 aromatic rings. The van der Waals surface area contributed by atoms with Crippen LogP contribution in [-0.4, -0.2) is 65.4 Å². The number of aliphatic hydroxyl groups excluding tert-OH is 2. The van der Waals surface area contributed by atoms with Gasteiger partial charge in [0.15, 0.2) is 11.6 Å². The second kappa shape index (κ2) is 8.88. The van der Waals surface area contributed by atoms with E-state index in [4.69, 9.17) is 10.2 Å². The minimum Gasteiger partial charge on any atom is -0.396 e. The van der Waals surface area contributed by atoms with Gasteiger partial charge in [0.1, 0.15) is 0 Å². The Labute approximate surface area is 162 Å². The van der Waals surface area contributed by atoms with Gasteiger partial charge in [0.25, 0.3) is 0 Å². The lowest BCUT2D eigenvalue weighted by Crippen LogP contribution is -2.36. The predicted octanol–water partition coefficient (Wildman–Crippen LogP) is 1.08. The van der Waals surface area contributed by atoms with Crippen LogP contribution in [0, 0.1) is 0 Å². The predicted molar refractivity (Wildman–Crippen MR) is 104 cm³/mol. The molecule has 0 atom stereocenters. The van der Waals surface area contributed by atoms with E-state index in [1.807, 2.05) is 0 Å². The van der Waals surface area contributed by atoms with Crippen LogP contribution in [0.3, 0.4) is 0 Å². The molecule has 146 valence electrons. The van der Waals surface area contributed by atoms with E-state index in [1.54, 1.807) is 47.4 Å². The van der Waals surface area contributed by atoms with Gasteiger partial charge in [0.2, 0.25) is 5.91 Å². The summed E-state index contributed by atoms with van der Waals surface area (Å²) in [7, 11) is 0. The fourth-order valence-corrected chi connectivity index (χ4v) is 3.35. The van der Waals surface area contributed by atoms with Crippen LogP contribution >= 0.6 is 0 Å². The third-order valence-electron chi connectivity index (χ3n) is 4.64. The molecule has 0 aromatic heterocycles. The monoisotopic (exact) mass is 382 g/mol. The molecule has 1 amide bonds. The number of nitrogens with zero attached hydrogens (tertiary/aromatic N) is 1. The minimum atomic E-state index is -0.362. The Balaban J connectivity index is 1.84. The summed E-state index contributed by atoms with van der Waals surface area (Å²) < 4.78 is 0. The first-order valence-electron chi connectivity index (χ1n) is 9.12. The van der Waals surface area contributed by atoms with E-state index in [2.05, 4.69) is 5.32 Å². The number of aliphatic hydroxyl groups is 2. The molecule has 0 bridgehead atoms. The van der Waals surface area contributed by atoms with Gasteiger partial charge in [-0.15, -0.1) is 0 Å². The summed E-state index contributed by atoms with van der Waals surface area (Å²) in [5.74, 6) is -0.904. The third-order valence-corrected chi connectivity index (χ3v) is 4.64. The van der Waals surface area contributed by atoms with Crippen LogP contribution in [0.25, 0.3) is 0 Å². The molecule has 0 unspecified atom stereocenters. The van der Waals surface area contributed by atoms with E-state index in [0.29, 0.717) is 36.3 Å². The molecular weight excluding hydrogens is 360 g/mol. The van der Waals surface area contributed by atoms with Crippen LogP contribution in [-0.2, 0) is 4.79 Å². The zero-order valence-electron chi connectivity index (χ0n) is 15.4. The molecule has 3 N–H and O–H groups in total. The number of fused-ring (bicyclic) bond motifs is 2. The quantitative estimate of drug-likeness (QED) is 0.538. The first kappa shape index (κ1) is 19.9. The normalized spacial score (nSPS) is 12.7. The highest BCUT2D eigenvalue weighted by Crippen LogP contribution is 2.31. The zero-order chi connectivity index (χ0) is 20.1. The standard InChI is InChI=1S/C21H22N2O5/c24-11-4-9-23(10-12-25)13-18(26)22-17-8-3-7-16-19(17)21(28)15-6-2-1-5-14(15)20(16)27/h1-3,5-8,24-25H,4,9-13H2,(H,22,26). The van der Waals surface area contributed by atoms with Crippen molar-refractivity contribution < 1.29 is 24.6 Å². The van der Waals surface area contributed by atoms with Crippen LogP contribution in [0.1, 0.15) is 38.3 Å². The molecule has 0 aliphatic heterocycles. The van der Waals surface area contributed by atoms with Crippen molar-refractivity contribution in [2.24, 2.45) is 0 Å². The van der Waals surface area contributed by atoms with Crippen molar-refractivity contribution in [3.63, 3.8) is 0 Å². The second-order valence-electron chi connectivity index (χ2n) is 6.56. The average Bonchev–Trinajstić information content (AvgIpc) is 2.70. The summed E-state index contributed by atoms with van der Waals surface area (Å²) in [6.45, 7) is 0.644. The van der Waals surface area contributed by atoms with E-state index < -0.39 is 0 Å². The molecule has 0 saturated carbocycles. The molecule has 7 nitrogen and oxygen atoms in total. The largest absolute Gasteiger partial charge is 0.396 e. The summed E-state index contributed by atoms with van der Waals surface area (Å²) in [5, 5.41) is 20.8. The van der Waals surface area contributed by atoms with Gasteiger partial charge in [0.05, 0.1) is 24.4 Å². The van der Waals surface area contributed by atoms with Crippen molar-refractivity contribution in [3.05, 3.63) is 64.7 Å². The lowest BCUT2D eigenvalue weighted by molar-refractivity contribution is -0.117. The van der Waals surface area contributed by atoms with Crippen molar-refractivity contribution in [2.45, 2.75) is 6.42 Å². The fourth-order valence-electron chi connectivity index (χ4n) is 3.35. The van der Waals surface area contributed by atoms with Crippen LogP contribution in [0.5, 0.6) is 0 Å². The highest BCUT2D eigenvalue weighted by atomic mass is 16.3. The van der Waals surface area contributed by atoms with Crippen LogP contribution in [0.15, 0.2) is 42.5 Å². The van der Waals surface area contributed by atoms with Gasteiger partial charge in [-0.1, -0.05) is 36.4 Å². The van der Waals surface area contributed by atoms with Crippen molar-refractivity contribution in [2.75, 3.05) is 38.2 Å². The Bertz CT molecular complexity index is 909. The molecule has 0 fully saturated rings. The van der Waals surface area contributed by atoms with Crippen LogP contribution in [0.2, 0.25) is 0 Å². The SMILES string of the molecule is O=C(CN(CCO)CCCO)Nc1cccc2c1C(=O)c1ccccc1C2=O. The molecule has 0 saturated heterocycles. The number of hydrogen-bond donors (Lipinski definition) is 3. The second-order valence-corrected chi connectivity index (χ2v) is 6.56. The van der Waals surface area contributed by atoms with Gasteiger partial charge >= 0.3 is 0 Å². The van der Waals surface area contributed by atoms with Gasteiger partial charge in [-0.3, -0.25) is 19.3 Å². The summed E-state index contributed by atoms with van der Waals surface area (Å²) in [6, 6.07) is 11.4. The maximum absolute atomic E-state index is 12.9. The highest BCUT2D eigenvalue weighted by Gasteiger charge is 2.31. The molecule has 1 aliphatic rings. The van der Waals surface area contributed by atoms with Crippen molar-refractivity contribution in [3.8, 4) is 0 Å². The first-order chi connectivity index (χ1) is 13.6. The number of benzene rings is 2. The fraction of sp³-hybridized carbons (Fsp3) is 0.286. The Morgan fingerprint density at radius 3 is 2.21 bits per heavy atom. The van der Waals surface area contributed by atoms with Crippen LogP contribution < -0.4 is 5.32 Å². The van der Waals surface area contributed by atoms with Crippen molar-refractivity contribution in [1.82, 2.24) is 4.90 Å². The Kier molecular flexibility index (Phi) is 6.30. The van der Waals surface area contributed by atoms with Gasteiger partial charge in [-0.25, -0.2) is 0 Å². The molecule has 0 heterocycles. The summed E-state index contributed by atoms with van der Waals surface area (Å²) in [6.07, 6.45) is 0.484. The van der Waals surface area contributed by atoms with Crippen molar-refractivity contribution >= 4 is 23.2 Å². The summed E-state index contributed by atoms with van der Waals surface area (Å²) >= 11 is 0. The summed E-state index contributed by atoms with van der Waals surface area (Å²) in [5.41, 5.74) is 1.45. The topological polar surface area (TPSA) is 107 Å².